The Morgan fingerprint density at radius 2 is 1.14 bits per heavy atom. The number of unbranched alkanes of at least 4 members (excludes halogenated alkanes) is 4. The van der Waals surface area contributed by atoms with Gasteiger partial charge in [0, 0.05) is 6.54 Å². The lowest BCUT2D eigenvalue weighted by atomic mass is 10.1. The van der Waals surface area contributed by atoms with Crippen LogP contribution in [0.25, 0.3) is 0 Å². The average Bonchev–Trinajstić information content (AvgIpc) is 2.76. The molecule has 0 atom stereocenters. The fourth-order valence-electron chi connectivity index (χ4n) is 1.13. The van der Waals surface area contributed by atoms with E-state index in [1.807, 2.05) is 0 Å². The lowest BCUT2D eigenvalue weighted by Crippen LogP contribution is -2.25. The van der Waals surface area contributed by atoms with Crippen LogP contribution in [0.3, 0.4) is 0 Å². The Balaban J connectivity index is -0.0000000620. The number of amides is 1. The quantitative estimate of drug-likeness (QED) is 0.203. The third kappa shape index (κ3) is 168. The fourth-order valence-corrected chi connectivity index (χ4v) is 1.13. The molecule has 0 aromatic carbocycles. The molecule has 5 nitrogen and oxygen atoms in total. The van der Waals surface area contributed by atoms with E-state index < -0.39 is 53.6 Å². The number of rotatable bonds is 11. The molecule has 0 aliphatic heterocycles. The second-order valence-corrected chi connectivity index (χ2v) is 4.44. The first-order valence-electron chi connectivity index (χ1n) is 8.92. The van der Waals surface area contributed by atoms with E-state index in [-0.39, 0.29) is 14.0 Å². The molecule has 1 N–H and O–H groups in total. The van der Waals surface area contributed by atoms with Crippen LogP contribution in [0.15, 0.2) is 0 Å². The summed E-state index contributed by atoms with van der Waals surface area (Å²) in [4.78, 5) is 13.2. The number of nitrogens with one attached hydrogen (secondary N) is 1. The molecular formula is C17H34F13NO4. The Labute approximate surface area is 196 Å². The minimum Gasteiger partial charge on any atom is -0.447 e. The molecule has 0 saturated heterocycles. The summed E-state index contributed by atoms with van der Waals surface area (Å²) in [6.45, 7) is -4.90. The van der Waals surface area contributed by atoms with Gasteiger partial charge in [-0.1, -0.05) is 40.0 Å². The van der Waals surface area contributed by atoms with Crippen LogP contribution in [-0.2, 0) is 14.4 Å². The maximum Gasteiger partial charge on any atom is 0.559 e. The second-order valence-electron chi connectivity index (χ2n) is 4.44. The number of carbonyl (C=O) groups is 1. The van der Waals surface area contributed by atoms with Crippen LogP contribution < -0.4 is 5.32 Å². The molecular weight excluding hydrogens is 529 g/mol. The van der Waals surface area contributed by atoms with E-state index in [1.54, 1.807) is 0 Å². The summed E-state index contributed by atoms with van der Waals surface area (Å²) in [7, 11) is 0. The molecule has 0 aromatic rings. The highest BCUT2D eigenvalue weighted by atomic mass is 19.5. The van der Waals surface area contributed by atoms with Crippen molar-refractivity contribution in [1.29, 1.82) is 0 Å². The standard InChI is InChI=1S/C10H20FNO2.C2H4F2O.CF4.CH2F2O.2CH2F2.CH4/c1-2-3-4-5-6-8-12-10(13)14-9-7-11;3-1-5-2-4;2-1(3,4)5;2-1-4-3;2*2-1-3;/h2-9H2,1H3,(H,12,13);1-2H2;;1H2;2*1H2;1H4. The third-order valence-corrected chi connectivity index (χ3v) is 2.06. The molecule has 0 aromatic heterocycles. The van der Waals surface area contributed by atoms with Crippen molar-refractivity contribution in [3.8, 4) is 0 Å². The molecule has 0 aliphatic carbocycles. The van der Waals surface area contributed by atoms with Gasteiger partial charge < -0.3 is 14.8 Å². The first kappa shape index (κ1) is 50.2. The van der Waals surface area contributed by atoms with Crippen LogP contribution in [0.5, 0.6) is 0 Å². The number of alkyl carbamates (subject to hydrolysis) is 1. The largest absolute Gasteiger partial charge is 0.559 e. The summed E-state index contributed by atoms with van der Waals surface area (Å²) in [6, 6.07) is 0. The minimum atomic E-state index is -5.50. The lowest BCUT2D eigenvalue weighted by Gasteiger charge is -2.04. The zero-order valence-corrected chi connectivity index (χ0v) is 18.2. The first-order chi connectivity index (χ1) is 16.0. The number of hydrogen-bond donors (Lipinski definition) is 1. The summed E-state index contributed by atoms with van der Waals surface area (Å²) in [6.07, 6.45) is -0.268. The molecule has 0 saturated carbocycles. The van der Waals surface area contributed by atoms with Crippen molar-refractivity contribution in [2.24, 2.45) is 0 Å². The van der Waals surface area contributed by atoms with E-state index in [1.165, 1.54) is 19.3 Å². The van der Waals surface area contributed by atoms with Crippen LogP contribution in [0.4, 0.5) is 62.0 Å². The summed E-state index contributed by atoms with van der Waals surface area (Å²) < 4.78 is 138. The topological polar surface area (TPSA) is 56.8 Å². The SMILES string of the molecule is C.CCCCCCCNC(=O)OCCF.FC(F)(F)F.FCF.FCF.FCOCF.FCOF. The number of carbonyl (C=O) groups excluding carboxylic acids is 1. The highest BCUT2D eigenvalue weighted by Gasteiger charge is 2.24. The van der Waals surface area contributed by atoms with Gasteiger partial charge in [-0.25, -0.2) is 39.9 Å². The number of alkyl halides is 12. The molecule has 0 aliphatic rings. The van der Waals surface area contributed by atoms with Gasteiger partial charge in [0.2, 0.25) is 20.7 Å². The van der Waals surface area contributed by atoms with Crippen LogP contribution in [-0.4, -0.2) is 66.8 Å². The molecule has 0 bridgehead atoms. The smallest absolute Gasteiger partial charge is 0.447 e. The Kier molecular flexibility index (Phi) is 76.9. The van der Waals surface area contributed by atoms with Gasteiger partial charge >= 0.3 is 12.5 Å². The number of ether oxygens (including phenoxy) is 2. The van der Waals surface area contributed by atoms with Crippen molar-refractivity contribution in [3.63, 3.8) is 0 Å². The van der Waals surface area contributed by atoms with Crippen LogP contribution in [0.2, 0.25) is 0 Å². The van der Waals surface area contributed by atoms with Crippen molar-refractivity contribution < 1.29 is 76.4 Å². The van der Waals surface area contributed by atoms with Crippen molar-refractivity contribution in [2.45, 2.75) is 52.9 Å². The summed E-state index contributed by atoms with van der Waals surface area (Å²) >= 11 is 0. The molecule has 18 heteroatoms. The summed E-state index contributed by atoms with van der Waals surface area (Å²) in [5.41, 5.74) is 0. The van der Waals surface area contributed by atoms with Crippen LogP contribution >= 0.6 is 0 Å². The second kappa shape index (κ2) is 53.6. The van der Waals surface area contributed by atoms with Gasteiger partial charge in [-0.05, 0) is 10.9 Å². The maximum absolute atomic E-state index is 11.6. The molecule has 0 rings (SSSR count). The Hall–Kier alpha value is -1.72. The molecule has 0 radical (unpaired) electrons. The van der Waals surface area contributed by atoms with E-state index >= 15 is 0 Å². The fraction of sp³-hybridized carbons (Fsp3) is 0.941. The average molecular weight is 563 g/mol. The monoisotopic (exact) mass is 563 g/mol. The molecule has 0 spiro atoms. The predicted molar refractivity (Wildman–Crippen MR) is 103 cm³/mol. The summed E-state index contributed by atoms with van der Waals surface area (Å²) in [5.74, 6) is 0. The first-order valence-corrected chi connectivity index (χ1v) is 8.92. The van der Waals surface area contributed by atoms with Crippen molar-refractivity contribution >= 4 is 6.09 Å². The Morgan fingerprint density at radius 3 is 1.40 bits per heavy atom. The van der Waals surface area contributed by atoms with Crippen LogP contribution in [0.1, 0.15) is 46.5 Å². The molecule has 0 fully saturated rings. The Bertz CT molecular complexity index is 310. The van der Waals surface area contributed by atoms with Gasteiger partial charge in [-0.3, -0.25) is 0 Å². The number of hydrogen-bond acceptors (Lipinski definition) is 4. The normalized spacial score (nSPS) is 8.74. The zero-order chi connectivity index (χ0) is 28.1. The Morgan fingerprint density at radius 1 is 0.771 bits per heavy atom. The van der Waals surface area contributed by atoms with E-state index in [2.05, 4.69) is 26.7 Å². The molecule has 35 heavy (non-hydrogen) atoms. The van der Waals surface area contributed by atoms with Crippen molar-refractivity contribution in [2.75, 3.05) is 54.3 Å². The maximum atomic E-state index is 11.6. The van der Waals surface area contributed by atoms with Crippen LogP contribution in [0, 0.1) is 0 Å². The lowest BCUT2D eigenvalue weighted by molar-refractivity contribution is -0.237. The highest BCUT2D eigenvalue weighted by Crippen LogP contribution is 2.13. The van der Waals surface area contributed by atoms with Gasteiger partial charge in [0.05, 0.1) is 0 Å². The molecule has 222 valence electrons. The van der Waals surface area contributed by atoms with Gasteiger partial charge in [-0.2, -0.15) is 4.94 Å². The van der Waals surface area contributed by atoms with E-state index in [9.17, 15) is 62.0 Å². The molecule has 0 heterocycles. The predicted octanol–water partition coefficient (Wildman–Crippen LogP) is 8.20. The summed E-state index contributed by atoms with van der Waals surface area (Å²) in [5, 5.41) is 2.57. The molecule has 1 amide bonds. The molecule has 0 unspecified atom stereocenters. The third-order valence-electron chi connectivity index (χ3n) is 2.06. The van der Waals surface area contributed by atoms with Gasteiger partial charge in [-0.15, -0.1) is 17.6 Å². The van der Waals surface area contributed by atoms with Gasteiger partial charge in [0.1, 0.15) is 13.3 Å². The minimum absolute atomic E-state index is 0. The van der Waals surface area contributed by atoms with Crippen molar-refractivity contribution in [1.82, 2.24) is 5.32 Å². The highest BCUT2D eigenvalue weighted by molar-refractivity contribution is 5.66. The van der Waals surface area contributed by atoms with E-state index in [4.69, 9.17) is 0 Å². The van der Waals surface area contributed by atoms with E-state index in [0.717, 1.165) is 12.8 Å². The van der Waals surface area contributed by atoms with E-state index in [0.29, 0.717) is 6.54 Å². The zero-order valence-electron chi connectivity index (χ0n) is 18.2. The van der Waals surface area contributed by atoms with Gasteiger partial charge in [0.15, 0.2) is 13.7 Å². The van der Waals surface area contributed by atoms with Gasteiger partial charge in [0.25, 0.3) is 0 Å². The number of halogens is 13. The van der Waals surface area contributed by atoms with Crippen molar-refractivity contribution in [3.05, 3.63) is 0 Å².